The average molecular weight is 198 g/mol. The number of hydrogen-bond acceptors (Lipinski definition) is 0. The van der Waals surface area contributed by atoms with Crippen molar-refractivity contribution in [2.45, 2.75) is 13.8 Å². The van der Waals surface area contributed by atoms with Crippen molar-refractivity contribution in [3.63, 3.8) is 0 Å². The second-order valence-electron chi connectivity index (χ2n) is 3.81. The predicted octanol–water partition coefficient (Wildman–Crippen LogP) is 3.45. The summed E-state index contributed by atoms with van der Waals surface area (Å²) in [5, 5.41) is 0. The molecule has 1 aromatic carbocycles. The summed E-state index contributed by atoms with van der Waals surface area (Å²) in [6, 6.07) is 9.53. The van der Waals surface area contributed by atoms with Gasteiger partial charge in [0.25, 0.3) is 0 Å². The Labute approximate surface area is 90.0 Å². The van der Waals surface area contributed by atoms with Gasteiger partial charge in [-0.1, -0.05) is 0 Å². The van der Waals surface area contributed by atoms with Gasteiger partial charge in [0.1, 0.15) is 0 Å². The maximum atomic E-state index is 13.9. The zero-order valence-electron chi connectivity index (χ0n) is 8.92. The molecule has 15 heavy (non-hydrogen) atoms. The Morgan fingerprint density at radius 1 is 1.13 bits per heavy atom. The van der Waals surface area contributed by atoms with Crippen LogP contribution in [0.1, 0.15) is 11.1 Å². The zero-order valence-corrected chi connectivity index (χ0v) is 8.92. The molecule has 0 aliphatic carbocycles. The second-order valence-corrected chi connectivity index (χ2v) is 3.81. The van der Waals surface area contributed by atoms with E-state index in [1.165, 1.54) is 0 Å². The van der Waals surface area contributed by atoms with Crippen molar-refractivity contribution in [3.8, 4) is 11.0 Å². The number of rotatable bonds is 1. The van der Waals surface area contributed by atoms with Crippen LogP contribution in [0.5, 0.6) is 0 Å². The molecule has 0 saturated carbocycles. The van der Waals surface area contributed by atoms with E-state index in [0.29, 0.717) is 11.1 Å². The summed E-state index contributed by atoms with van der Waals surface area (Å²) < 4.78 is 13.9. The van der Waals surface area contributed by atoms with Gasteiger partial charge in [-0.2, -0.15) is 0 Å². The minimum atomic E-state index is -0.119. The van der Waals surface area contributed by atoms with E-state index in [2.05, 4.69) is 0 Å². The molecule has 0 spiro atoms. The van der Waals surface area contributed by atoms with Gasteiger partial charge in [-0.05, 0) is 0 Å². The van der Waals surface area contributed by atoms with Crippen molar-refractivity contribution in [2.24, 2.45) is 0 Å². The van der Waals surface area contributed by atoms with Gasteiger partial charge >= 0.3 is 89.4 Å². The van der Waals surface area contributed by atoms with Crippen molar-refractivity contribution in [2.75, 3.05) is 0 Å². The minimum absolute atomic E-state index is 0.119. The topological polar surface area (TPSA) is 0 Å². The molecule has 0 aliphatic rings. The van der Waals surface area contributed by atoms with E-state index < -0.39 is 0 Å². The third kappa shape index (κ3) is 1.99. The summed E-state index contributed by atoms with van der Waals surface area (Å²) in [5.41, 5.74) is 3.41. The summed E-state index contributed by atoms with van der Waals surface area (Å²) in [4.78, 5) is 0. The van der Waals surface area contributed by atoms with Crippen LogP contribution in [0.2, 0.25) is 0 Å². The molecule has 2 heteroatoms. The molecule has 0 nitrogen and oxygen atoms in total. The fourth-order valence-electron chi connectivity index (χ4n) is 1.78. The van der Waals surface area contributed by atoms with Crippen LogP contribution in [0, 0.1) is 19.7 Å². The number of hydrogen-bond donors (Lipinski definition) is 0. The summed E-state index contributed by atoms with van der Waals surface area (Å²) in [5.74, 6) is 1.80. The fourth-order valence-corrected chi connectivity index (χ4v) is 1.78. The predicted molar refractivity (Wildman–Crippen MR) is 62.7 cm³/mol. The van der Waals surface area contributed by atoms with Gasteiger partial charge in [0.15, 0.2) is 0 Å². The van der Waals surface area contributed by atoms with Crippen LogP contribution in [-0.4, -0.2) is 6.91 Å². The Balaban J connectivity index is 2.63. The zero-order chi connectivity index (χ0) is 10.8. The van der Waals surface area contributed by atoms with E-state index in [1.54, 1.807) is 6.92 Å². The summed E-state index contributed by atoms with van der Waals surface area (Å²) in [7, 11) is 0. The summed E-state index contributed by atoms with van der Waals surface area (Å²) in [6.07, 6.45) is 0. The SMILES string of the molecule is Cc1cc(C)c(F)c(-c2bcccc2)c1. The van der Waals surface area contributed by atoms with E-state index in [0.717, 1.165) is 11.0 Å². The third-order valence-electron chi connectivity index (χ3n) is 2.48. The molecule has 2 rings (SSSR count). The first-order valence-corrected chi connectivity index (χ1v) is 5.00. The number of halogens is 1. The van der Waals surface area contributed by atoms with Crippen LogP contribution in [0.25, 0.3) is 11.0 Å². The average Bonchev–Trinajstić information content (AvgIpc) is 2.24. The molecule has 0 aliphatic heterocycles. The molecule has 0 fully saturated rings. The van der Waals surface area contributed by atoms with Crippen molar-refractivity contribution in [1.29, 1.82) is 0 Å². The van der Waals surface area contributed by atoms with Gasteiger partial charge in [0, 0.05) is 0 Å². The molecule has 0 amide bonds. The first kappa shape index (κ1) is 10.1. The molecule has 1 heterocycles. The molecular weight excluding hydrogens is 186 g/mol. The molecule has 0 unspecified atom stereocenters. The van der Waals surface area contributed by atoms with Crippen molar-refractivity contribution >= 4 is 6.91 Å². The van der Waals surface area contributed by atoms with E-state index in [9.17, 15) is 4.39 Å². The summed E-state index contributed by atoms with van der Waals surface area (Å²) in [6.45, 7) is 5.71. The molecule has 0 N–H and O–H groups in total. The molecule has 0 radical (unpaired) electrons. The van der Waals surface area contributed by atoms with Gasteiger partial charge in [0.05, 0.1) is 0 Å². The van der Waals surface area contributed by atoms with Gasteiger partial charge in [-0.3, -0.25) is 0 Å². The standard InChI is InChI=1S/C13H12BF/c1-9-7-10(2)13(15)11(8-9)12-5-3-4-6-14-12/h3-8H,1-2H3. The Morgan fingerprint density at radius 2 is 1.93 bits per heavy atom. The normalized spacial score (nSPS) is 10.1. The van der Waals surface area contributed by atoms with Gasteiger partial charge in [-0.15, -0.1) is 0 Å². The van der Waals surface area contributed by atoms with E-state index in [-0.39, 0.29) is 5.82 Å². The first-order chi connectivity index (χ1) is 7.18. The second kappa shape index (κ2) is 3.97. The van der Waals surface area contributed by atoms with Crippen molar-refractivity contribution in [1.82, 2.24) is 0 Å². The maximum absolute atomic E-state index is 13.9. The molecule has 2 aromatic rings. The third-order valence-corrected chi connectivity index (χ3v) is 2.48. The molecule has 74 valence electrons. The Hall–Kier alpha value is -1.44. The van der Waals surface area contributed by atoms with Crippen LogP contribution < -0.4 is 0 Å². The van der Waals surface area contributed by atoms with Gasteiger partial charge in [-0.25, -0.2) is 0 Å². The van der Waals surface area contributed by atoms with Crippen LogP contribution in [0.15, 0.2) is 36.3 Å². The van der Waals surface area contributed by atoms with Crippen LogP contribution >= 0.6 is 0 Å². The van der Waals surface area contributed by atoms with Gasteiger partial charge in [0.2, 0.25) is 0 Å². The van der Waals surface area contributed by atoms with Crippen LogP contribution in [-0.2, 0) is 0 Å². The monoisotopic (exact) mass is 198 g/mol. The molecular formula is C13H12BF. The Morgan fingerprint density at radius 3 is 2.60 bits per heavy atom. The Kier molecular flexibility index (Phi) is 2.67. The molecule has 0 atom stereocenters. The van der Waals surface area contributed by atoms with Crippen LogP contribution in [0.3, 0.4) is 0 Å². The number of benzene rings is 1. The fraction of sp³-hybridized carbons (Fsp3) is 0.154. The van der Waals surface area contributed by atoms with E-state index in [4.69, 9.17) is 0 Å². The van der Waals surface area contributed by atoms with Crippen molar-refractivity contribution in [3.05, 3.63) is 53.2 Å². The molecule has 1 aromatic heterocycles. The first-order valence-electron chi connectivity index (χ1n) is 5.00. The van der Waals surface area contributed by atoms with Crippen molar-refractivity contribution < 1.29 is 4.39 Å². The molecule has 0 saturated heterocycles. The van der Waals surface area contributed by atoms with Gasteiger partial charge < -0.3 is 0 Å². The summed E-state index contributed by atoms with van der Waals surface area (Å²) >= 11 is 0. The number of aryl methyl sites for hydroxylation is 2. The quantitative estimate of drug-likeness (QED) is 0.658. The van der Waals surface area contributed by atoms with Crippen LogP contribution in [0.4, 0.5) is 4.39 Å². The Bertz CT molecular complexity index is 477. The van der Waals surface area contributed by atoms with E-state index >= 15 is 0 Å². The molecule has 0 bridgehead atoms. The van der Waals surface area contributed by atoms with E-state index in [1.807, 2.05) is 50.1 Å².